The van der Waals surface area contributed by atoms with Crippen LogP contribution in [0.1, 0.15) is 30.1 Å². The summed E-state index contributed by atoms with van der Waals surface area (Å²) in [6.07, 6.45) is -0.0146. The Hall–Kier alpha value is -2.48. The lowest BCUT2D eigenvalue weighted by atomic mass is 9.91. The zero-order valence-corrected chi connectivity index (χ0v) is 17.8. The molecule has 2 heterocycles. The van der Waals surface area contributed by atoms with Crippen molar-refractivity contribution in [2.45, 2.75) is 44.4 Å². The molecule has 2 aliphatic carbocycles. The SMILES string of the molecule is C=Nc1ccc(C)n1[C@H]1[C@H](O)[C@H](O)C2(CCc3cc4nc(N)c(Cl)cc4cc3F)C[C@H]12. The number of nitrogens with zero attached hydrogens (tertiary/aromatic N) is 3. The number of aliphatic imine (C=N–C) groups is 1. The first-order valence-corrected chi connectivity index (χ1v) is 10.7. The first-order chi connectivity index (χ1) is 14.8. The van der Waals surface area contributed by atoms with Gasteiger partial charge in [0.05, 0.1) is 22.7 Å². The van der Waals surface area contributed by atoms with Crippen molar-refractivity contribution in [1.82, 2.24) is 9.55 Å². The lowest BCUT2D eigenvalue weighted by Gasteiger charge is -2.26. The van der Waals surface area contributed by atoms with Gasteiger partial charge in [0, 0.05) is 16.5 Å². The summed E-state index contributed by atoms with van der Waals surface area (Å²) in [5.74, 6) is 0.644. The van der Waals surface area contributed by atoms with Crippen LogP contribution < -0.4 is 5.73 Å². The molecule has 31 heavy (non-hydrogen) atoms. The molecule has 2 fully saturated rings. The molecule has 0 bridgehead atoms. The van der Waals surface area contributed by atoms with Crippen molar-refractivity contribution in [3.63, 3.8) is 0 Å². The van der Waals surface area contributed by atoms with Gasteiger partial charge in [-0.3, -0.25) is 0 Å². The molecule has 0 amide bonds. The third kappa shape index (κ3) is 2.98. The fraction of sp³-hybridized carbons (Fsp3) is 0.391. The second-order valence-corrected chi connectivity index (χ2v) is 9.23. The molecule has 1 unspecified atom stereocenters. The number of anilines is 1. The van der Waals surface area contributed by atoms with Gasteiger partial charge in [-0.15, -0.1) is 0 Å². The lowest BCUT2D eigenvalue weighted by molar-refractivity contribution is -0.0196. The molecule has 0 saturated heterocycles. The molecule has 1 aromatic carbocycles. The number of hydrogen-bond donors (Lipinski definition) is 3. The molecule has 3 aromatic rings. The molecule has 0 aliphatic heterocycles. The van der Waals surface area contributed by atoms with Gasteiger partial charge in [-0.1, -0.05) is 11.6 Å². The Kier molecular flexibility index (Phi) is 4.62. The van der Waals surface area contributed by atoms with Crippen molar-refractivity contribution in [2.75, 3.05) is 5.73 Å². The number of rotatable bonds is 5. The highest BCUT2D eigenvalue weighted by molar-refractivity contribution is 6.33. The first kappa shape index (κ1) is 20.4. The number of hydrogen-bond acceptors (Lipinski definition) is 5. The maximum atomic E-state index is 14.8. The van der Waals surface area contributed by atoms with Gasteiger partial charge in [-0.2, -0.15) is 0 Å². The average molecular weight is 443 g/mol. The number of benzene rings is 1. The van der Waals surface area contributed by atoms with Crippen LogP contribution in [0.4, 0.5) is 16.0 Å². The number of fused-ring (bicyclic) bond motifs is 2. The normalized spacial score (nSPS) is 29.3. The molecule has 2 aromatic heterocycles. The predicted octanol–water partition coefficient (Wildman–Crippen LogP) is 3.97. The Balaban J connectivity index is 1.41. The van der Waals surface area contributed by atoms with Crippen molar-refractivity contribution in [2.24, 2.45) is 16.3 Å². The van der Waals surface area contributed by atoms with E-state index in [1.54, 1.807) is 12.1 Å². The van der Waals surface area contributed by atoms with E-state index >= 15 is 0 Å². The quantitative estimate of drug-likeness (QED) is 0.521. The van der Waals surface area contributed by atoms with Crippen LogP contribution in [-0.4, -0.2) is 38.7 Å². The zero-order chi connectivity index (χ0) is 22.1. The summed E-state index contributed by atoms with van der Waals surface area (Å²) in [7, 11) is 0. The molecule has 6 nitrogen and oxygen atoms in total. The van der Waals surface area contributed by atoms with Gasteiger partial charge in [-0.25, -0.2) is 14.4 Å². The van der Waals surface area contributed by atoms with Gasteiger partial charge in [0.2, 0.25) is 0 Å². The molecule has 2 saturated carbocycles. The summed E-state index contributed by atoms with van der Waals surface area (Å²) in [6, 6.07) is 8.24. The molecule has 2 aliphatic rings. The number of nitrogens with two attached hydrogens (primary N) is 1. The largest absolute Gasteiger partial charge is 0.390 e. The van der Waals surface area contributed by atoms with Gasteiger partial charge in [0.25, 0.3) is 0 Å². The maximum absolute atomic E-state index is 14.8. The highest BCUT2D eigenvalue weighted by Crippen LogP contribution is 2.70. The smallest absolute Gasteiger partial charge is 0.142 e. The Morgan fingerprint density at radius 2 is 2.13 bits per heavy atom. The van der Waals surface area contributed by atoms with Gasteiger partial charge in [0.1, 0.15) is 23.6 Å². The van der Waals surface area contributed by atoms with E-state index in [2.05, 4.69) is 16.7 Å². The Morgan fingerprint density at radius 3 is 2.87 bits per heavy atom. The molecule has 8 heteroatoms. The fourth-order valence-electron chi connectivity index (χ4n) is 5.52. The van der Waals surface area contributed by atoms with E-state index in [0.29, 0.717) is 40.1 Å². The third-order valence-electron chi connectivity index (χ3n) is 7.24. The van der Waals surface area contributed by atoms with E-state index in [1.165, 1.54) is 6.07 Å². The van der Waals surface area contributed by atoms with Crippen molar-refractivity contribution in [1.29, 1.82) is 0 Å². The van der Waals surface area contributed by atoms with E-state index in [1.807, 2.05) is 23.6 Å². The van der Waals surface area contributed by atoms with Gasteiger partial charge >= 0.3 is 0 Å². The molecule has 0 spiro atoms. The highest BCUT2D eigenvalue weighted by Gasteiger charge is 2.70. The molecule has 4 N–H and O–H groups in total. The number of halogens is 2. The minimum absolute atomic E-state index is 0.0974. The first-order valence-electron chi connectivity index (χ1n) is 10.3. The summed E-state index contributed by atoms with van der Waals surface area (Å²) < 4.78 is 16.7. The van der Waals surface area contributed by atoms with Crippen LogP contribution in [0, 0.1) is 24.1 Å². The molecule has 5 rings (SSSR count). The number of nitrogen functional groups attached to an aromatic ring is 1. The topological polar surface area (TPSA) is 96.7 Å². The number of aromatic nitrogens is 2. The van der Waals surface area contributed by atoms with Crippen molar-refractivity contribution in [3.8, 4) is 0 Å². The summed E-state index contributed by atoms with van der Waals surface area (Å²) in [6.45, 7) is 5.57. The van der Waals surface area contributed by atoms with E-state index in [4.69, 9.17) is 17.3 Å². The highest BCUT2D eigenvalue weighted by atomic mass is 35.5. The van der Waals surface area contributed by atoms with Crippen LogP contribution in [0.3, 0.4) is 0 Å². The monoisotopic (exact) mass is 442 g/mol. The number of pyridine rings is 1. The van der Waals surface area contributed by atoms with Crippen molar-refractivity contribution >= 4 is 40.9 Å². The predicted molar refractivity (Wildman–Crippen MR) is 119 cm³/mol. The average Bonchev–Trinajstić information content (AvgIpc) is 3.28. The summed E-state index contributed by atoms with van der Waals surface area (Å²) in [5.41, 5.74) is 7.41. The van der Waals surface area contributed by atoms with E-state index in [9.17, 15) is 14.6 Å². The van der Waals surface area contributed by atoms with Crippen molar-refractivity contribution in [3.05, 3.63) is 52.4 Å². The Morgan fingerprint density at radius 1 is 1.35 bits per heavy atom. The minimum atomic E-state index is -0.907. The van der Waals surface area contributed by atoms with Crippen molar-refractivity contribution < 1.29 is 14.6 Å². The van der Waals surface area contributed by atoms with E-state index in [0.717, 1.165) is 12.1 Å². The Labute approximate surface area is 184 Å². The van der Waals surface area contributed by atoms with Gasteiger partial charge < -0.3 is 20.5 Å². The Bertz CT molecular complexity index is 1210. The molecule has 0 radical (unpaired) electrons. The lowest BCUT2D eigenvalue weighted by Crippen LogP contribution is -2.34. The maximum Gasteiger partial charge on any atom is 0.142 e. The number of aliphatic hydroxyl groups is 2. The summed E-state index contributed by atoms with van der Waals surface area (Å²) in [5, 5.41) is 22.7. The summed E-state index contributed by atoms with van der Waals surface area (Å²) >= 11 is 6.00. The minimum Gasteiger partial charge on any atom is -0.390 e. The second-order valence-electron chi connectivity index (χ2n) is 8.82. The second kappa shape index (κ2) is 7.02. The molecular formula is C23H24ClFN4O2. The standard InChI is InChI=1S/C23H24ClFN4O2/c1-11-3-4-18(27-2)29(11)19-14-10-23(14,21(31)20(19)30)6-5-12-9-17-13(8-16(12)25)7-15(24)22(26)28-17/h3-4,7-9,14,19-21,30-31H,2,5-6,10H2,1H3,(H2,26,28)/t14-,19-,20+,21+,23?/m1/s1. The number of aliphatic hydroxyl groups excluding tert-OH is 2. The number of aryl methyl sites for hydroxylation is 2. The van der Waals surface area contributed by atoms with Crippen LogP contribution in [-0.2, 0) is 6.42 Å². The summed E-state index contributed by atoms with van der Waals surface area (Å²) in [4.78, 5) is 8.32. The van der Waals surface area contributed by atoms with Crippen LogP contribution in [0.15, 0.2) is 35.3 Å². The van der Waals surface area contributed by atoms with Gasteiger partial charge in [-0.05, 0) is 74.7 Å². The van der Waals surface area contributed by atoms with Crippen LogP contribution in [0.2, 0.25) is 5.02 Å². The van der Waals surface area contributed by atoms with Crippen LogP contribution >= 0.6 is 11.6 Å². The third-order valence-corrected chi connectivity index (χ3v) is 7.54. The molecule has 162 valence electrons. The molecular weight excluding hydrogens is 419 g/mol. The van der Waals surface area contributed by atoms with E-state index < -0.39 is 17.6 Å². The van der Waals surface area contributed by atoms with E-state index in [-0.39, 0.29) is 23.6 Å². The van der Waals surface area contributed by atoms with Crippen LogP contribution in [0.5, 0.6) is 0 Å². The van der Waals surface area contributed by atoms with Gasteiger partial charge in [0.15, 0.2) is 0 Å². The zero-order valence-electron chi connectivity index (χ0n) is 17.1. The molecule has 5 atom stereocenters. The fourth-order valence-corrected chi connectivity index (χ4v) is 5.68. The van der Waals surface area contributed by atoms with Crippen LogP contribution in [0.25, 0.3) is 10.9 Å².